The standard InChI is InChI=1S/C16H24N2O2/c1-2-6-16(20-13-7-14-4-3-12-19-14)15(5-1)18-10-8-17-9-11-18/h1-2,5-6,14,17H,3-4,7-13H2. The Morgan fingerprint density at radius 3 is 2.90 bits per heavy atom. The fraction of sp³-hybridized carbons (Fsp3) is 0.625. The highest BCUT2D eigenvalue weighted by Crippen LogP contribution is 2.28. The van der Waals surface area contributed by atoms with Gasteiger partial charge in [0.25, 0.3) is 0 Å². The minimum absolute atomic E-state index is 0.404. The van der Waals surface area contributed by atoms with Crippen molar-refractivity contribution in [3.05, 3.63) is 24.3 Å². The lowest BCUT2D eigenvalue weighted by molar-refractivity contribution is 0.0904. The summed E-state index contributed by atoms with van der Waals surface area (Å²) >= 11 is 0. The topological polar surface area (TPSA) is 33.7 Å². The molecule has 110 valence electrons. The molecule has 2 aliphatic rings. The van der Waals surface area contributed by atoms with Crippen molar-refractivity contribution in [3.63, 3.8) is 0 Å². The second-order valence-corrected chi connectivity index (χ2v) is 5.48. The average molecular weight is 276 g/mol. The molecule has 0 aromatic heterocycles. The summed E-state index contributed by atoms with van der Waals surface area (Å²) in [6, 6.07) is 8.37. The largest absolute Gasteiger partial charge is 0.491 e. The van der Waals surface area contributed by atoms with Gasteiger partial charge < -0.3 is 19.7 Å². The van der Waals surface area contributed by atoms with Gasteiger partial charge in [-0.2, -0.15) is 0 Å². The monoisotopic (exact) mass is 276 g/mol. The first-order chi connectivity index (χ1) is 9.93. The predicted molar refractivity (Wildman–Crippen MR) is 80.6 cm³/mol. The molecule has 1 atom stereocenters. The van der Waals surface area contributed by atoms with Gasteiger partial charge in [-0.3, -0.25) is 0 Å². The second-order valence-electron chi connectivity index (χ2n) is 5.48. The number of piperazine rings is 1. The zero-order valence-corrected chi connectivity index (χ0v) is 12.0. The zero-order valence-electron chi connectivity index (χ0n) is 12.0. The van der Waals surface area contributed by atoms with Crippen LogP contribution in [0.3, 0.4) is 0 Å². The number of rotatable bonds is 5. The van der Waals surface area contributed by atoms with Gasteiger partial charge in [0.1, 0.15) is 5.75 Å². The van der Waals surface area contributed by atoms with E-state index >= 15 is 0 Å². The van der Waals surface area contributed by atoms with E-state index in [1.54, 1.807) is 0 Å². The lowest BCUT2D eigenvalue weighted by Crippen LogP contribution is -2.43. The van der Waals surface area contributed by atoms with E-state index in [1.165, 1.54) is 18.5 Å². The fourth-order valence-corrected chi connectivity index (χ4v) is 2.92. The molecule has 4 nitrogen and oxygen atoms in total. The fourth-order valence-electron chi connectivity index (χ4n) is 2.92. The van der Waals surface area contributed by atoms with Crippen LogP contribution in [0.25, 0.3) is 0 Å². The van der Waals surface area contributed by atoms with Gasteiger partial charge >= 0.3 is 0 Å². The number of para-hydroxylation sites is 2. The van der Waals surface area contributed by atoms with Gasteiger partial charge in [0.15, 0.2) is 0 Å². The van der Waals surface area contributed by atoms with Crippen LogP contribution in [-0.4, -0.2) is 45.5 Å². The third-order valence-corrected chi connectivity index (χ3v) is 4.04. The summed E-state index contributed by atoms with van der Waals surface area (Å²) in [5, 5.41) is 3.39. The Balaban J connectivity index is 1.57. The van der Waals surface area contributed by atoms with E-state index in [4.69, 9.17) is 9.47 Å². The first kappa shape index (κ1) is 13.7. The second kappa shape index (κ2) is 6.95. The van der Waals surface area contributed by atoms with Crippen LogP contribution in [0, 0.1) is 0 Å². The van der Waals surface area contributed by atoms with Crippen LogP contribution >= 0.6 is 0 Å². The van der Waals surface area contributed by atoms with E-state index in [0.717, 1.165) is 51.6 Å². The summed E-state index contributed by atoms with van der Waals surface area (Å²) < 4.78 is 11.6. The van der Waals surface area contributed by atoms with Crippen LogP contribution in [0.4, 0.5) is 5.69 Å². The highest BCUT2D eigenvalue weighted by atomic mass is 16.5. The predicted octanol–water partition coefficient (Wildman–Crippen LogP) is 2.04. The van der Waals surface area contributed by atoms with Crippen LogP contribution in [0.15, 0.2) is 24.3 Å². The molecule has 2 fully saturated rings. The summed E-state index contributed by atoms with van der Waals surface area (Å²) in [5.41, 5.74) is 1.22. The Hall–Kier alpha value is -1.26. The average Bonchev–Trinajstić information content (AvgIpc) is 3.02. The molecule has 0 radical (unpaired) electrons. The number of nitrogens with zero attached hydrogens (tertiary/aromatic N) is 1. The van der Waals surface area contributed by atoms with Crippen LogP contribution in [0.2, 0.25) is 0 Å². The molecule has 1 N–H and O–H groups in total. The summed E-state index contributed by atoms with van der Waals surface area (Å²) in [5.74, 6) is 1.01. The van der Waals surface area contributed by atoms with Gasteiger partial charge in [-0.05, 0) is 25.0 Å². The van der Waals surface area contributed by atoms with Crippen LogP contribution in [-0.2, 0) is 4.74 Å². The molecule has 2 heterocycles. The van der Waals surface area contributed by atoms with E-state index in [9.17, 15) is 0 Å². The van der Waals surface area contributed by atoms with E-state index in [1.807, 2.05) is 6.07 Å². The normalized spacial score (nSPS) is 23.0. The Labute approximate surface area is 121 Å². The van der Waals surface area contributed by atoms with Gasteiger partial charge in [0, 0.05) is 39.2 Å². The molecule has 0 spiro atoms. The van der Waals surface area contributed by atoms with E-state index in [2.05, 4.69) is 28.4 Å². The van der Waals surface area contributed by atoms with Crippen molar-refractivity contribution in [3.8, 4) is 5.75 Å². The number of hydrogen-bond acceptors (Lipinski definition) is 4. The minimum Gasteiger partial charge on any atom is -0.491 e. The van der Waals surface area contributed by atoms with Crippen LogP contribution < -0.4 is 15.0 Å². The quantitative estimate of drug-likeness (QED) is 0.892. The van der Waals surface area contributed by atoms with Crippen molar-refractivity contribution in [2.45, 2.75) is 25.4 Å². The smallest absolute Gasteiger partial charge is 0.142 e. The lowest BCUT2D eigenvalue weighted by atomic mass is 10.2. The van der Waals surface area contributed by atoms with Crippen molar-refractivity contribution in [1.29, 1.82) is 0 Å². The molecule has 1 aromatic carbocycles. The molecule has 0 saturated carbocycles. The van der Waals surface area contributed by atoms with Crippen molar-refractivity contribution < 1.29 is 9.47 Å². The molecule has 2 saturated heterocycles. The zero-order chi connectivity index (χ0) is 13.6. The van der Waals surface area contributed by atoms with Crippen molar-refractivity contribution in [2.75, 3.05) is 44.3 Å². The molecular formula is C16H24N2O2. The molecule has 20 heavy (non-hydrogen) atoms. The van der Waals surface area contributed by atoms with Gasteiger partial charge in [0.2, 0.25) is 0 Å². The number of ether oxygens (including phenoxy) is 2. The maximum atomic E-state index is 6.01. The van der Waals surface area contributed by atoms with Crippen LogP contribution in [0.5, 0.6) is 5.75 Å². The molecule has 0 amide bonds. The summed E-state index contributed by atoms with van der Waals surface area (Å²) in [6.07, 6.45) is 3.78. The molecule has 0 aliphatic carbocycles. The molecule has 3 rings (SSSR count). The molecule has 4 heteroatoms. The molecule has 1 unspecified atom stereocenters. The summed E-state index contributed by atoms with van der Waals surface area (Å²) in [6.45, 7) is 5.85. The van der Waals surface area contributed by atoms with Gasteiger partial charge in [-0.1, -0.05) is 12.1 Å². The molecule has 2 aliphatic heterocycles. The van der Waals surface area contributed by atoms with Crippen molar-refractivity contribution >= 4 is 5.69 Å². The highest BCUT2D eigenvalue weighted by Gasteiger charge is 2.17. The van der Waals surface area contributed by atoms with Gasteiger partial charge in [-0.15, -0.1) is 0 Å². The lowest BCUT2D eigenvalue weighted by Gasteiger charge is -2.30. The van der Waals surface area contributed by atoms with E-state index in [0.29, 0.717) is 6.10 Å². The SMILES string of the molecule is c1ccc(N2CCNCC2)c(OCCC2CCCO2)c1. The third kappa shape index (κ3) is 3.44. The first-order valence-corrected chi connectivity index (χ1v) is 7.72. The van der Waals surface area contributed by atoms with Gasteiger partial charge in [0.05, 0.1) is 18.4 Å². The Morgan fingerprint density at radius 2 is 2.10 bits per heavy atom. The summed E-state index contributed by atoms with van der Waals surface area (Å²) in [7, 11) is 0. The van der Waals surface area contributed by atoms with Gasteiger partial charge in [-0.25, -0.2) is 0 Å². The molecular weight excluding hydrogens is 252 g/mol. The van der Waals surface area contributed by atoms with E-state index in [-0.39, 0.29) is 0 Å². The van der Waals surface area contributed by atoms with Crippen molar-refractivity contribution in [2.24, 2.45) is 0 Å². The van der Waals surface area contributed by atoms with Crippen molar-refractivity contribution in [1.82, 2.24) is 5.32 Å². The first-order valence-electron chi connectivity index (χ1n) is 7.72. The molecule has 1 aromatic rings. The maximum Gasteiger partial charge on any atom is 0.142 e. The number of benzene rings is 1. The maximum absolute atomic E-state index is 6.01. The Bertz CT molecular complexity index is 413. The minimum atomic E-state index is 0.404. The summed E-state index contributed by atoms with van der Waals surface area (Å²) in [4.78, 5) is 2.40. The number of nitrogens with one attached hydrogen (secondary N) is 1. The Kier molecular flexibility index (Phi) is 4.77. The number of anilines is 1. The van der Waals surface area contributed by atoms with Crippen LogP contribution in [0.1, 0.15) is 19.3 Å². The van der Waals surface area contributed by atoms with E-state index < -0.39 is 0 Å². The number of hydrogen-bond donors (Lipinski definition) is 1. The Morgan fingerprint density at radius 1 is 1.25 bits per heavy atom. The highest BCUT2D eigenvalue weighted by molar-refractivity contribution is 5.58. The molecule has 0 bridgehead atoms. The third-order valence-electron chi connectivity index (χ3n) is 4.04.